The van der Waals surface area contributed by atoms with E-state index in [0.29, 0.717) is 32.4 Å². The lowest BCUT2D eigenvalue weighted by atomic mass is 9.93. The van der Waals surface area contributed by atoms with E-state index >= 15 is 0 Å². The molecular formula is C36H42N6O6. The average Bonchev–Trinajstić information content (AvgIpc) is 3.65. The zero-order valence-electron chi connectivity index (χ0n) is 27.5. The molecule has 3 aromatic rings. The van der Waals surface area contributed by atoms with Crippen LogP contribution in [0.1, 0.15) is 56.1 Å². The molecule has 2 aliphatic heterocycles. The number of carbonyl (C=O) groups excluding carboxylic acids is 5. The van der Waals surface area contributed by atoms with Crippen LogP contribution in [0.4, 0.5) is 0 Å². The Bertz CT molecular complexity index is 1610. The smallest absolute Gasteiger partial charge is 0.271 e. The molecule has 2 aliphatic rings. The highest BCUT2D eigenvalue weighted by atomic mass is 16.6. The molecule has 0 bridgehead atoms. The molecule has 0 spiro atoms. The van der Waals surface area contributed by atoms with Crippen LogP contribution in [0.5, 0.6) is 0 Å². The summed E-state index contributed by atoms with van der Waals surface area (Å²) in [5.74, 6) is -2.03. The van der Waals surface area contributed by atoms with Crippen molar-refractivity contribution in [1.82, 2.24) is 30.8 Å². The van der Waals surface area contributed by atoms with Crippen LogP contribution in [0, 0.1) is 5.92 Å². The minimum absolute atomic E-state index is 0.0724. The second-order valence-electron chi connectivity index (χ2n) is 12.9. The predicted octanol–water partition coefficient (Wildman–Crippen LogP) is 2.48. The van der Waals surface area contributed by atoms with Gasteiger partial charge in [0.05, 0.1) is 25.4 Å². The molecule has 1 unspecified atom stereocenters. The fourth-order valence-corrected chi connectivity index (χ4v) is 5.87. The van der Waals surface area contributed by atoms with E-state index in [1.54, 1.807) is 6.92 Å². The fraction of sp³-hybridized carbons (Fsp3) is 0.417. The average molecular weight is 655 g/mol. The lowest BCUT2D eigenvalue weighted by Gasteiger charge is -2.28. The number of hydrogen-bond donors (Lipinski definition) is 3. The minimum atomic E-state index is -1.02. The van der Waals surface area contributed by atoms with Gasteiger partial charge >= 0.3 is 0 Å². The van der Waals surface area contributed by atoms with E-state index in [4.69, 9.17) is 4.74 Å². The van der Waals surface area contributed by atoms with Gasteiger partial charge < -0.3 is 25.6 Å². The fourth-order valence-electron chi connectivity index (χ4n) is 5.87. The Morgan fingerprint density at radius 2 is 1.67 bits per heavy atom. The second kappa shape index (κ2) is 15.3. The van der Waals surface area contributed by atoms with Crippen molar-refractivity contribution in [3.05, 3.63) is 84.4 Å². The number of nitrogens with zero attached hydrogens (tertiary/aromatic N) is 3. The maximum absolute atomic E-state index is 13.9. The number of epoxide rings is 1. The number of carbonyl (C=O) groups is 5. The van der Waals surface area contributed by atoms with Crippen molar-refractivity contribution in [3.8, 4) is 11.1 Å². The molecule has 12 nitrogen and oxygen atoms in total. The molecule has 4 atom stereocenters. The first-order chi connectivity index (χ1) is 23.0. The van der Waals surface area contributed by atoms with Gasteiger partial charge in [0, 0.05) is 25.4 Å². The van der Waals surface area contributed by atoms with E-state index in [1.807, 2.05) is 68.4 Å². The first-order valence-corrected chi connectivity index (χ1v) is 16.3. The molecule has 1 aromatic heterocycles. The van der Waals surface area contributed by atoms with Crippen LogP contribution in [0.2, 0.25) is 0 Å². The molecule has 0 radical (unpaired) electrons. The highest BCUT2D eigenvalue weighted by Gasteiger charge is 2.50. The number of nitrogens with one attached hydrogen (secondary N) is 3. The molecule has 4 amide bonds. The van der Waals surface area contributed by atoms with Gasteiger partial charge in [0.1, 0.15) is 23.4 Å². The third-order valence-corrected chi connectivity index (χ3v) is 8.64. The molecule has 5 rings (SSSR count). The molecule has 3 heterocycles. The zero-order valence-corrected chi connectivity index (χ0v) is 27.5. The number of ether oxygens (including phenoxy) is 1. The molecular weight excluding hydrogens is 612 g/mol. The van der Waals surface area contributed by atoms with Gasteiger partial charge in [-0.05, 0) is 48.8 Å². The Hall–Kier alpha value is -4.97. The summed E-state index contributed by atoms with van der Waals surface area (Å²) in [4.78, 5) is 75.7. The van der Waals surface area contributed by atoms with Crippen molar-refractivity contribution in [2.24, 2.45) is 5.92 Å². The third-order valence-electron chi connectivity index (χ3n) is 8.64. The summed E-state index contributed by atoms with van der Waals surface area (Å²) in [5.41, 5.74) is 2.02. The molecule has 2 aromatic carbocycles. The van der Waals surface area contributed by atoms with Gasteiger partial charge in [0.25, 0.3) is 5.91 Å². The number of amides is 4. The number of benzene rings is 2. The van der Waals surface area contributed by atoms with E-state index in [-0.39, 0.29) is 30.4 Å². The first kappa shape index (κ1) is 34.4. The maximum Gasteiger partial charge on any atom is 0.271 e. The van der Waals surface area contributed by atoms with Gasteiger partial charge in [-0.3, -0.25) is 29.0 Å². The largest absolute Gasteiger partial charge is 0.361 e. The van der Waals surface area contributed by atoms with E-state index in [9.17, 15) is 24.0 Å². The summed E-state index contributed by atoms with van der Waals surface area (Å²) in [6.45, 7) is 5.96. The van der Waals surface area contributed by atoms with E-state index < -0.39 is 47.4 Å². The third kappa shape index (κ3) is 8.68. The van der Waals surface area contributed by atoms with Gasteiger partial charge in [-0.1, -0.05) is 68.4 Å². The van der Waals surface area contributed by atoms with Crippen LogP contribution < -0.4 is 16.0 Å². The molecule has 48 heavy (non-hydrogen) atoms. The monoisotopic (exact) mass is 654 g/mol. The Labute approximate surface area is 280 Å². The molecule has 12 heteroatoms. The molecule has 0 saturated carbocycles. The van der Waals surface area contributed by atoms with Crippen molar-refractivity contribution in [1.29, 1.82) is 0 Å². The van der Waals surface area contributed by atoms with Crippen molar-refractivity contribution in [2.75, 3.05) is 19.7 Å². The van der Waals surface area contributed by atoms with Crippen LogP contribution >= 0.6 is 0 Å². The number of likely N-dealkylation sites (tertiary alicyclic amines) is 1. The summed E-state index contributed by atoms with van der Waals surface area (Å²) >= 11 is 0. The summed E-state index contributed by atoms with van der Waals surface area (Å²) in [5, 5.41) is 8.33. The summed E-state index contributed by atoms with van der Waals surface area (Å²) in [6, 6.07) is 15.0. The standard InChI is InChI=1S/C36H42N6O6/c1-23(2)18-27(32(44)36(3)22-48-36)40-34(46)28(19-24-11-13-26(14-12-24)25-8-5-4-6-9-25)41-35(47)30-10-7-17-42(30)31(43)21-39-33(45)29-20-37-15-16-38-29/h4-6,8-9,11-16,20,23,27-28,30H,7,10,17-19,21-22H2,1-3H3,(H,39,45)(H,40,46)(H,41,47)/t27?,28-,30-,36+/m0/s1. The lowest BCUT2D eigenvalue weighted by Crippen LogP contribution is -2.57. The number of ketones is 1. The minimum Gasteiger partial charge on any atom is -0.361 e. The van der Waals surface area contributed by atoms with Crippen molar-refractivity contribution >= 4 is 29.4 Å². The van der Waals surface area contributed by atoms with Crippen molar-refractivity contribution in [2.45, 2.75) is 70.2 Å². The number of Topliss-reactive ketones (excluding diaryl/α,β-unsaturated/α-hetero) is 1. The quantitative estimate of drug-likeness (QED) is 0.223. The van der Waals surface area contributed by atoms with Gasteiger partial charge in [0.2, 0.25) is 17.7 Å². The summed E-state index contributed by atoms with van der Waals surface area (Å²) in [6.07, 6.45) is 5.68. The van der Waals surface area contributed by atoms with Crippen molar-refractivity contribution in [3.63, 3.8) is 0 Å². The van der Waals surface area contributed by atoms with Gasteiger partial charge in [-0.2, -0.15) is 0 Å². The second-order valence-corrected chi connectivity index (χ2v) is 12.9. The summed E-state index contributed by atoms with van der Waals surface area (Å²) < 4.78 is 5.39. The van der Waals surface area contributed by atoms with Crippen LogP contribution in [-0.2, 0) is 30.3 Å². The van der Waals surface area contributed by atoms with E-state index in [0.717, 1.165) is 16.7 Å². The van der Waals surface area contributed by atoms with E-state index in [2.05, 4.69) is 25.9 Å². The topological polar surface area (TPSA) is 163 Å². The summed E-state index contributed by atoms with van der Waals surface area (Å²) in [7, 11) is 0. The Kier molecular flexibility index (Phi) is 10.9. The van der Waals surface area contributed by atoms with Crippen LogP contribution in [0.15, 0.2) is 73.2 Å². The van der Waals surface area contributed by atoms with E-state index in [1.165, 1.54) is 23.5 Å². The molecule has 2 saturated heterocycles. The van der Waals surface area contributed by atoms with Gasteiger partial charge in [-0.15, -0.1) is 0 Å². The normalized spacial score (nSPS) is 19.7. The Morgan fingerprint density at radius 3 is 2.31 bits per heavy atom. The van der Waals surface area contributed by atoms with Crippen LogP contribution in [-0.4, -0.2) is 87.7 Å². The number of aromatic nitrogens is 2. The maximum atomic E-state index is 13.9. The molecule has 3 N–H and O–H groups in total. The zero-order chi connectivity index (χ0) is 34.3. The molecule has 0 aliphatic carbocycles. The first-order valence-electron chi connectivity index (χ1n) is 16.3. The van der Waals surface area contributed by atoms with Gasteiger partial charge in [0.15, 0.2) is 5.78 Å². The van der Waals surface area contributed by atoms with Crippen LogP contribution in [0.3, 0.4) is 0 Å². The highest BCUT2D eigenvalue weighted by molar-refractivity contribution is 5.99. The predicted molar refractivity (Wildman–Crippen MR) is 177 cm³/mol. The SMILES string of the molecule is CC(C)CC(NC(=O)[C@H](Cc1ccc(-c2ccccc2)cc1)NC(=O)[C@@H]1CCCN1C(=O)CNC(=O)c1cnccn1)C(=O)[C@@]1(C)CO1. The van der Waals surface area contributed by atoms with Crippen molar-refractivity contribution < 1.29 is 28.7 Å². The molecule has 252 valence electrons. The highest BCUT2D eigenvalue weighted by Crippen LogP contribution is 2.30. The number of hydrogen-bond acceptors (Lipinski definition) is 8. The van der Waals surface area contributed by atoms with Crippen LogP contribution in [0.25, 0.3) is 11.1 Å². The van der Waals surface area contributed by atoms with Gasteiger partial charge in [-0.25, -0.2) is 4.98 Å². The lowest BCUT2D eigenvalue weighted by molar-refractivity contribution is -0.139. The Balaban J connectivity index is 1.30. The molecule has 2 fully saturated rings. The number of rotatable bonds is 14. The Morgan fingerprint density at radius 1 is 0.958 bits per heavy atom.